The van der Waals surface area contributed by atoms with Gasteiger partial charge < -0.3 is 4.90 Å². The van der Waals surface area contributed by atoms with Crippen LogP contribution in [-0.4, -0.2) is 55.3 Å². The van der Waals surface area contributed by atoms with Crippen LogP contribution >= 0.6 is 12.6 Å². The molecule has 1 unspecified atom stereocenters. The van der Waals surface area contributed by atoms with Crippen molar-refractivity contribution in [2.24, 2.45) is 0 Å². The first-order chi connectivity index (χ1) is 6.74. The molecular formula is C11H24N2S. The molecule has 0 aliphatic carbocycles. The van der Waals surface area contributed by atoms with Crippen molar-refractivity contribution in [2.45, 2.75) is 31.7 Å². The predicted octanol–water partition coefficient (Wildman–Crippen LogP) is 1.72. The number of unbranched alkanes of at least 4 members (excludes halogenated alkanes) is 1. The van der Waals surface area contributed by atoms with Gasteiger partial charge in [-0.1, -0.05) is 0 Å². The molecule has 84 valence electrons. The topological polar surface area (TPSA) is 6.48 Å². The second kappa shape index (κ2) is 6.70. The van der Waals surface area contributed by atoms with Crippen molar-refractivity contribution in [3.8, 4) is 0 Å². The van der Waals surface area contributed by atoms with E-state index in [2.05, 4.69) is 36.5 Å². The molecule has 0 aromatic rings. The van der Waals surface area contributed by atoms with Gasteiger partial charge in [0, 0.05) is 12.6 Å². The van der Waals surface area contributed by atoms with Gasteiger partial charge in [-0.3, -0.25) is 4.90 Å². The molecule has 0 radical (unpaired) electrons. The van der Waals surface area contributed by atoms with Crippen LogP contribution in [0.3, 0.4) is 0 Å². The summed E-state index contributed by atoms with van der Waals surface area (Å²) < 4.78 is 0. The van der Waals surface area contributed by atoms with E-state index in [1.807, 2.05) is 0 Å². The van der Waals surface area contributed by atoms with Crippen LogP contribution in [0.4, 0.5) is 0 Å². The van der Waals surface area contributed by atoms with Crippen molar-refractivity contribution in [2.75, 3.05) is 39.5 Å². The average Bonchev–Trinajstić information content (AvgIpc) is 2.52. The lowest BCUT2D eigenvalue weighted by Gasteiger charge is -2.26. The largest absolute Gasteiger partial charge is 0.308 e. The molecule has 1 rings (SSSR count). The smallest absolute Gasteiger partial charge is 0.0223 e. The fraction of sp³-hybridized carbons (Fsp3) is 1.00. The Labute approximate surface area is 94.1 Å². The Balaban J connectivity index is 2.21. The standard InChI is InChI=1S/C11H24N2S/c1-12(2)10-11-6-5-8-13(11)7-3-4-9-14/h11,14H,3-10H2,1-2H3. The van der Waals surface area contributed by atoms with Gasteiger partial charge in [-0.15, -0.1) is 0 Å². The third-order valence-corrected chi connectivity index (χ3v) is 3.24. The molecule has 1 saturated heterocycles. The Morgan fingerprint density at radius 1 is 1.36 bits per heavy atom. The van der Waals surface area contributed by atoms with Crippen molar-refractivity contribution in [1.82, 2.24) is 9.80 Å². The van der Waals surface area contributed by atoms with Crippen molar-refractivity contribution in [3.05, 3.63) is 0 Å². The lowest BCUT2D eigenvalue weighted by molar-refractivity contribution is 0.206. The van der Waals surface area contributed by atoms with Crippen LogP contribution in [0.2, 0.25) is 0 Å². The number of nitrogens with zero attached hydrogens (tertiary/aromatic N) is 2. The molecule has 1 atom stereocenters. The van der Waals surface area contributed by atoms with Gasteiger partial charge in [0.15, 0.2) is 0 Å². The minimum absolute atomic E-state index is 0.810. The minimum atomic E-state index is 0.810. The molecular weight excluding hydrogens is 192 g/mol. The van der Waals surface area contributed by atoms with E-state index in [-0.39, 0.29) is 0 Å². The van der Waals surface area contributed by atoms with Crippen molar-refractivity contribution < 1.29 is 0 Å². The fourth-order valence-corrected chi connectivity index (χ4v) is 2.47. The van der Waals surface area contributed by atoms with Gasteiger partial charge in [-0.25, -0.2) is 0 Å². The lowest BCUT2D eigenvalue weighted by Crippen LogP contribution is -2.38. The molecule has 0 saturated carbocycles. The number of rotatable bonds is 6. The highest BCUT2D eigenvalue weighted by Crippen LogP contribution is 2.18. The molecule has 0 amide bonds. The van der Waals surface area contributed by atoms with Crippen LogP contribution in [0.1, 0.15) is 25.7 Å². The molecule has 1 heterocycles. The number of likely N-dealkylation sites (N-methyl/N-ethyl adjacent to an activating group) is 1. The maximum atomic E-state index is 4.25. The second-order valence-corrected chi connectivity index (χ2v) is 4.97. The molecule has 0 N–H and O–H groups in total. The summed E-state index contributed by atoms with van der Waals surface area (Å²) in [6.45, 7) is 3.81. The third-order valence-electron chi connectivity index (χ3n) is 2.93. The molecule has 0 bridgehead atoms. The van der Waals surface area contributed by atoms with Gasteiger partial charge >= 0.3 is 0 Å². The Hall–Kier alpha value is 0.270. The van der Waals surface area contributed by atoms with E-state index in [9.17, 15) is 0 Å². The van der Waals surface area contributed by atoms with Crippen molar-refractivity contribution in [1.29, 1.82) is 0 Å². The van der Waals surface area contributed by atoms with Gasteiger partial charge in [0.05, 0.1) is 0 Å². The fourth-order valence-electron chi connectivity index (χ4n) is 2.24. The maximum absolute atomic E-state index is 4.25. The maximum Gasteiger partial charge on any atom is 0.0223 e. The highest BCUT2D eigenvalue weighted by Gasteiger charge is 2.23. The normalized spacial score (nSPS) is 23.6. The highest BCUT2D eigenvalue weighted by atomic mass is 32.1. The second-order valence-electron chi connectivity index (χ2n) is 4.52. The zero-order chi connectivity index (χ0) is 10.4. The number of likely N-dealkylation sites (tertiary alicyclic amines) is 1. The van der Waals surface area contributed by atoms with Crippen LogP contribution in [0.15, 0.2) is 0 Å². The van der Waals surface area contributed by atoms with Crippen LogP contribution < -0.4 is 0 Å². The quantitative estimate of drug-likeness (QED) is 0.533. The Morgan fingerprint density at radius 3 is 2.79 bits per heavy atom. The predicted molar refractivity (Wildman–Crippen MR) is 66.2 cm³/mol. The summed E-state index contributed by atoms with van der Waals surface area (Å²) in [4.78, 5) is 4.96. The molecule has 14 heavy (non-hydrogen) atoms. The van der Waals surface area contributed by atoms with E-state index in [0.29, 0.717) is 0 Å². The Morgan fingerprint density at radius 2 is 2.14 bits per heavy atom. The summed E-state index contributed by atoms with van der Waals surface area (Å²) >= 11 is 4.25. The summed E-state index contributed by atoms with van der Waals surface area (Å²) in [5.74, 6) is 1.03. The third kappa shape index (κ3) is 4.20. The summed E-state index contributed by atoms with van der Waals surface area (Å²) in [7, 11) is 4.34. The van der Waals surface area contributed by atoms with E-state index in [1.54, 1.807) is 0 Å². The van der Waals surface area contributed by atoms with E-state index < -0.39 is 0 Å². The average molecular weight is 216 g/mol. The Bertz CT molecular complexity index is 150. The van der Waals surface area contributed by atoms with Crippen molar-refractivity contribution in [3.63, 3.8) is 0 Å². The Kier molecular flexibility index (Phi) is 5.90. The summed E-state index contributed by atoms with van der Waals surface area (Å²) in [6.07, 6.45) is 5.35. The van der Waals surface area contributed by atoms with E-state index in [0.717, 1.165) is 11.8 Å². The van der Waals surface area contributed by atoms with E-state index >= 15 is 0 Å². The lowest BCUT2D eigenvalue weighted by atomic mass is 10.2. The first kappa shape index (κ1) is 12.3. The summed E-state index contributed by atoms with van der Waals surface area (Å²) in [5.41, 5.74) is 0. The first-order valence-electron chi connectivity index (χ1n) is 5.73. The summed E-state index contributed by atoms with van der Waals surface area (Å²) in [5, 5.41) is 0. The molecule has 1 aliphatic rings. The van der Waals surface area contributed by atoms with Gasteiger partial charge in [-0.05, 0) is 58.6 Å². The van der Waals surface area contributed by atoms with Gasteiger partial charge in [0.1, 0.15) is 0 Å². The number of hydrogen-bond donors (Lipinski definition) is 1. The number of hydrogen-bond acceptors (Lipinski definition) is 3. The summed E-state index contributed by atoms with van der Waals surface area (Å²) in [6, 6.07) is 0.810. The highest BCUT2D eigenvalue weighted by molar-refractivity contribution is 7.80. The monoisotopic (exact) mass is 216 g/mol. The van der Waals surface area contributed by atoms with E-state index in [1.165, 1.54) is 45.3 Å². The minimum Gasteiger partial charge on any atom is -0.308 e. The zero-order valence-corrected chi connectivity index (χ0v) is 10.5. The van der Waals surface area contributed by atoms with Gasteiger partial charge in [0.2, 0.25) is 0 Å². The van der Waals surface area contributed by atoms with Crippen molar-refractivity contribution >= 4 is 12.6 Å². The van der Waals surface area contributed by atoms with Gasteiger partial charge in [0.25, 0.3) is 0 Å². The molecule has 0 aromatic carbocycles. The van der Waals surface area contributed by atoms with Gasteiger partial charge in [-0.2, -0.15) is 12.6 Å². The van der Waals surface area contributed by atoms with Crippen LogP contribution in [0, 0.1) is 0 Å². The molecule has 0 spiro atoms. The SMILES string of the molecule is CN(C)CC1CCCN1CCCCS. The van der Waals surface area contributed by atoms with Crippen LogP contribution in [0.5, 0.6) is 0 Å². The molecule has 2 nitrogen and oxygen atoms in total. The first-order valence-corrected chi connectivity index (χ1v) is 6.37. The van der Waals surface area contributed by atoms with Crippen LogP contribution in [-0.2, 0) is 0 Å². The van der Waals surface area contributed by atoms with Crippen LogP contribution in [0.25, 0.3) is 0 Å². The molecule has 1 fully saturated rings. The molecule has 0 aromatic heterocycles. The molecule has 3 heteroatoms. The van der Waals surface area contributed by atoms with E-state index in [4.69, 9.17) is 0 Å². The molecule has 1 aliphatic heterocycles. The zero-order valence-electron chi connectivity index (χ0n) is 9.58. The number of thiol groups is 1.